The number of aliphatic carboxylic acids is 1. The molecule has 0 unspecified atom stereocenters. The number of amides is 2. The van der Waals surface area contributed by atoms with Crippen molar-refractivity contribution >= 4 is 64.6 Å². The lowest BCUT2D eigenvalue weighted by Gasteiger charge is -2.49. The summed E-state index contributed by atoms with van der Waals surface area (Å²) in [4.78, 5) is 43.2. The number of thioether (sulfide) groups is 3. The lowest BCUT2D eigenvalue weighted by molar-refractivity contribution is -0.150. The lowest BCUT2D eigenvalue weighted by atomic mass is 10.0. The number of hydrogen-bond donors (Lipinski definition) is 5. The van der Waals surface area contributed by atoms with E-state index in [0.29, 0.717) is 27.3 Å². The van der Waals surface area contributed by atoms with E-state index >= 15 is 0 Å². The van der Waals surface area contributed by atoms with Crippen LogP contribution in [0.25, 0.3) is 0 Å². The van der Waals surface area contributed by atoms with Crippen molar-refractivity contribution in [3.63, 3.8) is 0 Å². The Kier molecular flexibility index (Phi) is 7.97. The largest absolute Gasteiger partial charge is 0.477 e. The van der Waals surface area contributed by atoms with E-state index in [1.54, 1.807) is 12.1 Å². The molecule has 2 amide bonds. The van der Waals surface area contributed by atoms with Crippen LogP contribution in [-0.4, -0.2) is 83.4 Å². The number of nitrogen functional groups attached to an aromatic ring is 1. The van der Waals surface area contributed by atoms with Gasteiger partial charge in [0.2, 0.25) is 0 Å². The molecule has 0 aromatic carbocycles. The number of carbonyl (C=O) groups is 3. The minimum Gasteiger partial charge on any atom is -0.477 e. The molecule has 0 bridgehead atoms. The van der Waals surface area contributed by atoms with Crippen LogP contribution in [0.1, 0.15) is 5.69 Å². The fraction of sp³-hybridized carbons (Fsp3) is 0.250. The molecule has 13 nitrogen and oxygen atoms in total. The van der Waals surface area contributed by atoms with Gasteiger partial charge in [0.25, 0.3) is 11.8 Å². The molecule has 36 heavy (non-hydrogen) atoms. The van der Waals surface area contributed by atoms with E-state index in [1.807, 2.05) is 0 Å². The highest BCUT2D eigenvalue weighted by atomic mass is 32.2. The zero-order chi connectivity index (χ0) is 25.8. The summed E-state index contributed by atoms with van der Waals surface area (Å²) in [5, 5.41) is 33.4. The zero-order valence-corrected chi connectivity index (χ0v) is 20.8. The van der Waals surface area contributed by atoms with Crippen molar-refractivity contribution in [2.75, 3.05) is 23.8 Å². The van der Waals surface area contributed by atoms with E-state index in [1.165, 1.54) is 41.7 Å². The summed E-state index contributed by atoms with van der Waals surface area (Å²) in [7, 11) is 0. The van der Waals surface area contributed by atoms with Crippen LogP contribution in [0.5, 0.6) is 0 Å². The number of pyridine rings is 1. The van der Waals surface area contributed by atoms with Gasteiger partial charge in [0.1, 0.15) is 38.7 Å². The Balaban J connectivity index is 1.48. The van der Waals surface area contributed by atoms with Crippen molar-refractivity contribution in [3.8, 4) is 0 Å². The molecule has 2 aliphatic rings. The van der Waals surface area contributed by atoms with Gasteiger partial charge in [-0.05, 0) is 24.3 Å². The molecule has 0 radical (unpaired) electrons. The maximum absolute atomic E-state index is 12.9. The molecule has 0 saturated carbocycles. The van der Waals surface area contributed by atoms with E-state index in [4.69, 9.17) is 11.5 Å². The molecule has 1 fully saturated rings. The minimum absolute atomic E-state index is 0.0216. The molecule has 7 N–H and O–H groups in total. The second-order valence-corrected chi connectivity index (χ2v) is 10.6. The Morgan fingerprint density at radius 1 is 1.25 bits per heavy atom. The van der Waals surface area contributed by atoms with E-state index in [-0.39, 0.29) is 23.0 Å². The number of carboxylic acid groups (broad SMARTS) is 1. The standard InChI is InChI=1S/C20H20N8O5S3/c21-6-7-34-12-4-5-13(26-25-12)36-10-8-35-19-15(18(30)28(19)16(10)20(31)32)24-17(29)14(27-33)9-2-1-3-11(22)23-9/h1-5,15,19,33H,6-8,21H2,(H2,22,23)(H,24,29)(H,31,32)/b27-14-/t15-,19-/m1/s1. The first kappa shape index (κ1) is 25.7. The second-order valence-electron chi connectivity index (χ2n) is 7.28. The summed E-state index contributed by atoms with van der Waals surface area (Å²) < 4.78 is 0. The van der Waals surface area contributed by atoms with Crippen LogP contribution in [0.4, 0.5) is 5.82 Å². The van der Waals surface area contributed by atoms with Crippen LogP contribution < -0.4 is 16.8 Å². The van der Waals surface area contributed by atoms with Gasteiger partial charge in [0.05, 0.1) is 0 Å². The molecule has 0 spiro atoms. The molecular formula is C20H20N8O5S3. The summed E-state index contributed by atoms with van der Waals surface area (Å²) >= 11 is 3.86. The number of nitrogens with two attached hydrogens (primary N) is 2. The summed E-state index contributed by atoms with van der Waals surface area (Å²) in [5.41, 5.74) is 10.5. The van der Waals surface area contributed by atoms with Crippen molar-refractivity contribution < 1.29 is 24.7 Å². The number of aromatic nitrogens is 3. The SMILES string of the molecule is NCCSc1ccc(SC2=C(C(=O)O)N3C(=O)[C@@H](NC(=O)/C(=N\O)c4cccc(N)n4)[C@H]3SC2)nn1. The van der Waals surface area contributed by atoms with Crippen molar-refractivity contribution in [1.82, 2.24) is 25.4 Å². The number of oxime groups is 1. The molecule has 2 aromatic rings. The van der Waals surface area contributed by atoms with E-state index in [2.05, 4.69) is 25.7 Å². The summed E-state index contributed by atoms with van der Waals surface area (Å²) in [6.45, 7) is 0.507. The molecular weight excluding hydrogens is 528 g/mol. The van der Waals surface area contributed by atoms with Gasteiger partial charge >= 0.3 is 5.97 Å². The maximum atomic E-state index is 12.9. The first-order chi connectivity index (χ1) is 17.3. The highest BCUT2D eigenvalue weighted by Crippen LogP contribution is 2.44. The first-order valence-electron chi connectivity index (χ1n) is 10.4. The highest BCUT2D eigenvalue weighted by molar-refractivity contribution is 8.06. The van der Waals surface area contributed by atoms with Gasteiger partial charge in [-0.25, -0.2) is 9.78 Å². The molecule has 2 atom stereocenters. The number of nitrogens with one attached hydrogen (secondary N) is 1. The van der Waals surface area contributed by atoms with Crippen molar-refractivity contribution in [2.24, 2.45) is 10.9 Å². The Labute approximate surface area is 217 Å². The second kappa shape index (κ2) is 11.2. The molecule has 2 aromatic heterocycles. The third kappa shape index (κ3) is 5.25. The lowest BCUT2D eigenvalue weighted by Crippen LogP contribution is -2.71. The van der Waals surface area contributed by atoms with Crippen LogP contribution >= 0.6 is 35.3 Å². The van der Waals surface area contributed by atoms with Crippen molar-refractivity contribution in [2.45, 2.75) is 21.5 Å². The topological polar surface area (TPSA) is 210 Å². The number of rotatable bonds is 9. The Morgan fingerprint density at radius 3 is 2.64 bits per heavy atom. The van der Waals surface area contributed by atoms with Crippen LogP contribution in [-0.2, 0) is 14.4 Å². The number of fused-ring (bicyclic) bond motifs is 1. The van der Waals surface area contributed by atoms with Crippen molar-refractivity contribution in [3.05, 3.63) is 46.6 Å². The predicted molar refractivity (Wildman–Crippen MR) is 134 cm³/mol. The highest BCUT2D eigenvalue weighted by Gasteiger charge is 2.54. The molecule has 4 heterocycles. The third-order valence-corrected chi connectivity index (χ3v) is 8.39. The fourth-order valence-corrected chi connectivity index (χ4v) is 6.38. The molecule has 2 aliphatic heterocycles. The monoisotopic (exact) mass is 548 g/mol. The normalized spacial score (nSPS) is 19.5. The van der Waals surface area contributed by atoms with E-state index in [9.17, 15) is 24.7 Å². The average molecular weight is 549 g/mol. The van der Waals surface area contributed by atoms with Gasteiger partial charge < -0.3 is 27.1 Å². The smallest absolute Gasteiger partial charge is 0.353 e. The van der Waals surface area contributed by atoms with Crippen LogP contribution in [0.3, 0.4) is 0 Å². The van der Waals surface area contributed by atoms with Crippen LogP contribution in [0, 0.1) is 0 Å². The Hall–Kier alpha value is -3.34. The predicted octanol–water partition coefficient (Wildman–Crippen LogP) is 0.171. The van der Waals surface area contributed by atoms with Gasteiger partial charge in [0.15, 0.2) is 5.71 Å². The Morgan fingerprint density at radius 2 is 2.00 bits per heavy atom. The van der Waals surface area contributed by atoms with Crippen LogP contribution in [0.2, 0.25) is 0 Å². The number of anilines is 1. The van der Waals surface area contributed by atoms with Gasteiger partial charge in [-0.2, -0.15) is 0 Å². The first-order valence-corrected chi connectivity index (χ1v) is 13.2. The molecule has 0 aliphatic carbocycles. The summed E-state index contributed by atoms with van der Waals surface area (Å²) in [6, 6.07) is 6.93. The van der Waals surface area contributed by atoms with Gasteiger partial charge in [-0.15, -0.1) is 33.7 Å². The summed E-state index contributed by atoms with van der Waals surface area (Å²) in [6.07, 6.45) is 0. The van der Waals surface area contributed by atoms with Gasteiger partial charge in [-0.1, -0.05) is 23.0 Å². The Bertz CT molecular complexity index is 1260. The number of carbonyl (C=O) groups excluding carboxylic acids is 2. The molecule has 4 rings (SSSR count). The van der Waals surface area contributed by atoms with Crippen molar-refractivity contribution in [1.29, 1.82) is 0 Å². The number of carboxylic acids is 1. The average Bonchev–Trinajstić information content (AvgIpc) is 2.87. The fourth-order valence-electron chi connectivity index (χ4n) is 3.40. The quantitative estimate of drug-likeness (QED) is 0.0931. The van der Waals surface area contributed by atoms with Crippen LogP contribution in [0.15, 0.2) is 56.1 Å². The molecule has 16 heteroatoms. The maximum Gasteiger partial charge on any atom is 0.353 e. The van der Waals surface area contributed by atoms with Gasteiger partial charge in [-0.3, -0.25) is 14.5 Å². The number of nitrogens with zero attached hydrogens (tertiary/aromatic N) is 5. The third-order valence-electron chi connectivity index (χ3n) is 4.96. The van der Waals surface area contributed by atoms with Gasteiger partial charge in [0, 0.05) is 23.0 Å². The molecule has 1 saturated heterocycles. The zero-order valence-electron chi connectivity index (χ0n) is 18.4. The van der Waals surface area contributed by atoms with E-state index in [0.717, 1.165) is 16.7 Å². The van der Waals surface area contributed by atoms with E-state index < -0.39 is 34.9 Å². The summed E-state index contributed by atoms with van der Waals surface area (Å²) in [5.74, 6) is -1.64. The number of β-lactam (4-membered cyclic amide) rings is 1. The molecule has 188 valence electrons. The minimum atomic E-state index is -1.27. The number of hydrogen-bond acceptors (Lipinski definition) is 13.